The van der Waals surface area contributed by atoms with Crippen LogP contribution in [0.15, 0.2) is 24.3 Å². The van der Waals surface area contributed by atoms with E-state index in [2.05, 4.69) is 31.2 Å². The Balaban J connectivity index is 0.000001000. The molecule has 0 saturated carbocycles. The fourth-order valence-electron chi connectivity index (χ4n) is 0.942. The van der Waals surface area contributed by atoms with E-state index in [4.69, 9.17) is 0 Å². The van der Waals surface area contributed by atoms with Crippen LogP contribution in [0.4, 0.5) is 0 Å². The summed E-state index contributed by atoms with van der Waals surface area (Å²) in [7, 11) is 0. The van der Waals surface area contributed by atoms with E-state index >= 15 is 0 Å². The molecule has 0 bridgehead atoms. The molecule has 2 heteroatoms. The van der Waals surface area contributed by atoms with Crippen LogP contribution < -0.4 is 12.4 Å². The zero-order chi connectivity index (χ0) is 7.40. The molecule has 0 radical (unpaired) electrons. The van der Waals surface area contributed by atoms with Gasteiger partial charge in [0.2, 0.25) is 0 Å². The first-order valence-electron chi connectivity index (χ1n) is 3.74. The maximum atomic E-state index is 2.24. The zero-order valence-corrected chi connectivity index (χ0v) is 10.5. The first-order valence-corrected chi connectivity index (χ1v) is 5.83. The normalized spacial score (nSPS) is 9.00. The molecule has 56 valence electrons. The maximum absolute atomic E-state index is 2.24. The van der Waals surface area contributed by atoms with Gasteiger partial charge in [-0.25, -0.2) is 0 Å². The molecule has 0 unspecified atom stereocenters. The molecule has 0 saturated heterocycles. The number of benzene rings is 1. The molecule has 0 N–H and O–H groups in total. The van der Waals surface area contributed by atoms with Gasteiger partial charge < -0.3 is 12.4 Å². The van der Waals surface area contributed by atoms with Gasteiger partial charge in [-0.15, -0.1) is 0 Å². The number of hydrogen-bond donors (Lipinski definition) is 0. The van der Waals surface area contributed by atoms with Crippen LogP contribution in [0.3, 0.4) is 0 Å². The van der Waals surface area contributed by atoms with Crippen molar-refractivity contribution < 1.29 is 30.7 Å². The molecule has 0 aliphatic carbocycles. The molecule has 0 amide bonds. The van der Waals surface area contributed by atoms with Crippen molar-refractivity contribution in [3.05, 3.63) is 35.4 Å². The average Bonchev–Trinajstić information content (AvgIpc) is 2.05. The second-order valence-corrected chi connectivity index (χ2v) is 3.47. The van der Waals surface area contributed by atoms with Gasteiger partial charge in [0.05, 0.1) is 0 Å². The second kappa shape index (κ2) is 5.74. The molecule has 0 aliphatic rings. The molecule has 0 fully saturated rings. The SMILES string of the molecule is CCc1ccc([CH2][Zn+])cc1.[Cl-]. The smallest absolute Gasteiger partial charge is 1.00 e. The van der Waals surface area contributed by atoms with Crippen LogP contribution in [0.2, 0.25) is 0 Å². The first-order chi connectivity index (χ1) is 4.86. The quantitative estimate of drug-likeness (QED) is 0.578. The summed E-state index contributed by atoms with van der Waals surface area (Å²) in [5, 5.41) is 1.27. The van der Waals surface area contributed by atoms with Crippen LogP contribution in [-0.4, -0.2) is 0 Å². The largest absolute Gasteiger partial charge is 1.00 e. The predicted molar refractivity (Wildman–Crippen MR) is 39.5 cm³/mol. The fourth-order valence-corrected chi connectivity index (χ4v) is 1.64. The standard InChI is InChI=1S/C9H11.ClH.Zn/c1-3-9-6-4-8(2)5-7-9;;/h4-7H,2-3H2,1H3;1H;/q;;+1/p-1. The van der Waals surface area contributed by atoms with Crippen LogP contribution in [0, 0.1) is 0 Å². The van der Waals surface area contributed by atoms with Gasteiger partial charge in [-0.2, -0.15) is 0 Å². The van der Waals surface area contributed by atoms with Crippen molar-refractivity contribution in [1.29, 1.82) is 0 Å². The Morgan fingerprint density at radius 3 is 1.91 bits per heavy atom. The van der Waals surface area contributed by atoms with E-state index in [1.54, 1.807) is 0 Å². The molecular weight excluding hydrogens is 209 g/mol. The molecule has 1 aromatic rings. The van der Waals surface area contributed by atoms with E-state index in [1.807, 2.05) is 0 Å². The van der Waals surface area contributed by atoms with Crippen LogP contribution in [0.5, 0.6) is 0 Å². The Bertz CT molecular complexity index is 170. The topological polar surface area (TPSA) is 0 Å². The number of halogens is 1. The second-order valence-electron chi connectivity index (χ2n) is 2.42. The summed E-state index contributed by atoms with van der Waals surface area (Å²) < 4.78 is 0. The minimum absolute atomic E-state index is 0. The third kappa shape index (κ3) is 3.36. The van der Waals surface area contributed by atoms with Gasteiger partial charge in [0.25, 0.3) is 0 Å². The minimum Gasteiger partial charge on any atom is -1.00 e. The third-order valence-corrected chi connectivity index (χ3v) is 2.93. The molecule has 0 nitrogen and oxygen atoms in total. The third-order valence-electron chi connectivity index (χ3n) is 1.72. The summed E-state index contributed by atoms with van der Waals surface area (Å²) in [4.78, 5) is 0. The monoisotopic (exact) mass is 218 g/mol. The van der Waals surface area contributed by atoms with Gasteiger partial charge in [-0.3, -0.25) is 0 Å². The Kier molecular flexibility index (Phi) is 5.81. The van der Waals surface area contributed by atoms with E-state index in [1.165, 1.54) is 34.4 Å². The Labute approximate surface area is 84.5 Å². The van der Waals surface area contributed by atoms with Crippen molar-refractivity contribution in [3.63, 3.8) is 0 Å². The summed E-state index contributed by atoms with van der Waals surface area (Å²) in [6.07, 6.45) is 1.15. The number of aryl methyl sites for hydroxylation is 1. The molecule has 0 spiro atoms. The zero-order valence-electron chi connectivity index (χ0n) is 6.81. The maximum Gasteiger partial charge on any atom is -1.00 e. The molecular formula is C9H11ClZn. The first kappa shape index (κ1) is 11.1. The van der Waals surface area contributed by atoms with Crippen LogP contribution in [0.1, 0.15) is 18.1 Å². The van der Waals surface area contributed by atoms with Crippen molar-refractivity contribution in [2.45, 2.75) is 18.4 Å². The predicted octanol–water partition coefficient (Wildman–Crippen LogP) is -0.700. The Morgan fingerprint density at radius 2 is 1.55 bits per heavy atom. The van der Waals surface area contributed by atoms with Crippen molar-refractivity contribution in [3.8, 4) is 0 Å². The van der Waals surface area contributed by atoms with Gasteiger partial charge in [0, 0.05) is 0 Å². The van der Waals surface area contributed by atoms with E-state index in [9.17, 15) is 0 Å². The van der Waals surface area contributed by atoms with Gasteiger partial charge >= 0.3 is 72.1 Å². The number of hydrogen-bond acceptors (Lipinski definition) is 0. The van der Waals surface area contributed by atoms with Crippen molar-refractivity contribution in [1.82, 2.24) is 0 Å². The fraction of sp³-hybridized carbons (Fsp3) is 0.333. The summed E-state index contributed by atoms with van der Waals surface area (Å²) in [6, 6.07) is 8.93. The van der Waals surface area contributed by atoms with E-state index < -0.39 is 0 Å². The summed E-state index contributed by atoms with van der Waals surface area (Å²) >= 11 is 1.37. The van der Waals surface area contributed by atoms with Gasteiger partial charge in [-0.1, -0.05) is 0 Å². The van der Waals surface area contributed by atoms with E-state index in [-0.39, 0.29) is 12.4 Å². The molecule has 1 aromatic carbocycles. The van der Waals surface area contributed by atoms with Crippen LogP contribution >= 0.6 is 0 Å². The van der Waals surface area contributed by atoms with Gasteiger partial charge in [0.1, 0.15) is 0 Å². The van der Waals surface area contributed by atoms with Crippen molar-refractivity contribution in [2.24, 2.45) is 0 Å². The molecule has 0 aromatic heterocycles. The average molecular weight is 220 g/mol. The van der Waals surface area contributed by atoms with E-state index in [0.29, 0.717) is 0 Å². The summed E-state index contributed by atoms with van der Waals surface area (Å²) in [6.45, 7) is 2.19. The summed E-state index contributed by atoms with van der Waals surface area (Å²) in [5.74, 6) is 0. The van der Waals surface area contributed by atoms with Gasteiger partial charge in [0.15, 0.2) is 0 Å². The van der Waals surface area contributed by atoms with Crippen molar-refractivity contribution in [2.75, 3.05) is 0 Å². The molecule has 0 heterocycles. The molecule has 11 heavy (non-hydrogen) atoms. The van der Waals surface area contributed by atoms with Crippen LogP contribution in [-0.2, 0) is 29.7 Å². The number of rotatable bonds is 2. The molecule has 1 rings (SSSR count). The Hall–Kier alpha value is 0.133. The molecule has 0 atom stereocenters. The van der Waals surface area contributed by atoms with Gasteiger partial charge in [-0.05, 0) is 0 Å². The van der Waals surface area contributed by atoms with E-state index in [0.717, 1.165) is 6.42 Å². The van der Waals surface area contributed by atoms with Crippen molar-refractivity contribution >= 4 is 0 Å². The minimum atomic E-state index is 0. The molecule has 0 aliphatic heterocycles. The Morgan fingerprint density at radius 1 is 1.09 bits per heavy atom. The van der Waals surface area contributed by atoms with Crippen LogP contribution in [0.25, 0.3) is 0 Å². The summed E-state index contributed by atoms with van der Waals surface area (Å²) in [5.41, 5.74) is 2.93.